The standard InChI is InChI=1S/C11H20N2O3/c1-8(9(14)16-2)13-10(15)11(12)6-4-3-5-7-11/h8H,3-7,12H2,1-2H3,(H,13,15)/t8-/m0/s1. The number of hydrogen-bond acceptors (Lipinski definition) is 4. The molecular formula is C11H20N2O3. The van der Waals surface area contributed by atoms with E-state index in [0.29, 0.717) is 12.8 Å². The maximum absolute atomic E-state index is 11.9. The van der Waals surface area contributed by atoms with Gasteiger partial charge in [0.15, 0.2) is 0 Å². The van der Waals surface area contributed by atoms with Gasteiger partial charge in [0.05, 0.1) is 12.6 Å². The van der Waals surface area contributed by atoms with Crippen molar-refractivity contribution in [1.82, 2.24) is 5.32 Å². The lowest BCUT2D eigenvalue weighted by atomic mass is 9.82. The summed E-state index contributed by atoms with van der Waals surface area (Å²) in [5.41, 5.74) is 5.22. The van der Waals surface area contributed by atoms with E-state index in [0.717, 1.165) is 19.3 Å². The average Bonchev–Trinajstić information content (AvgIpc) is 2.28. The Morgan fingerprint density at radius 2 is 1.88 bits per heavy atom. The number of nitrogens with one attached hydrogen (secondary N) is 1. The minimum absolute atomic E-state index is 0.245. The summed E-state index contributed by atoms with van der Waals surface area (Å²) in [5.74, 6) is -0.696. The van der Waals surface area contributed by atoms with Crippen molar-refractivity contribution in [2.24, 2.45) is 5.73 Å². The number of ether oxygens (including phenoxy) is 1. The first kappa shape index (κ1) is 13.0. The Hall–Kier alpha value is -1.10. The van der Waals surface area contributed by atoms with E-state index < -0.39 is 17.6 Å². The van der Waals surface area contributed by atoms with Crippen molar-refractivity contribution in [3.05, 3.63) is 0 Å². The average molecular weight is 228 g/mol. The third kappa shape index (κ3) is 2.95. The van der Waals surface area contributed by atoms with E-state index >= 15 is 0 Å². The van der Waals surface area contributed by atoms with Crippen molar-refractivity contribution in [1.29, 1.82) is 0 Å². The van der Waals surface area contributed by atoms with Crippen LogP contribution in [0.4, 0.5) is 0 Å². The number of esters is 1. The molecule has 1 amide bonds. The normalized spacial score (nSPS) is 20.9. The zero-order valence-corrected chi connectivity index (χ0v) is 9.91. The number of hydrogen-bond donors (Lipinski definition) is 2. The molecule has 0 aliphatic heterocycles. The van der Waals surface area contributed by atoms with Crippen LogP contribution in [0.1, 0.15) is 39.0 Å². The van der Waals surface area contributed by atoms with Crippen LogP contribution >= 0.6 is 0 Å². The van der Waals surface area contributed by atoms with Gasteiger partial charge in [-0.3, -0.25) is 4.79 Å². The monoisotopic (exact) mass is 228 g/mol. The highest BCUT2D eigenvalue weighted by atomic mass is 16.5. The number of carbonyl (C=O) groups excluding carboxylic acids is 2. The Morgan fingerprint density at radius 3 is 2.38 bits per heavy atom. The molecular weight excluding hydrogens is 208 g/mol. The molecule has 0 heterocycles. The van der Waals surface area contributed by atoms with Crippen LogP contribution in [0.25, 0.3) is 0 Å². The topological polar surface area (TPSA) is 81.4 Å². The summed E-state index contributed by atoms with van der Waals surface area (Å²) in [7, 11) is 1.30. The minimum Gasteiger partial charge on any atom is -0.467 e. The van der Waals surface area contributed by atoms with E-state index in [1.165, 1.54) is 7.11 Å². The van der Waals surface area contributed by atoms with Gasteiger partial charge in [0, 0.05) is 0 Å². The van der Waals surface area contributed by atoms with Crippen molar-refractivity contribution < 1.29 is 14.3 Å². The molecule has 3 N–H and O–H groups in total. The van der Waals surface area contributed by atoms with Crippen LogP contribution in [-0.2, 0) is 14.3 Å². The first-order chi connectivity index (χ1) is 7.49. The van der Waals surface area contributed by atoms with Crippen LogP contribution in [0.2, 0.25) is 0 Å². The van der Waals surface area contributed by atoms with E-state index in [2.05, 4.69) is 10.1 Å². The summed E-state index contributed by atoms with van der Waals surface area (Å²) in [5, 5.41) is 2.60. The van der Waals surface area contributed by atoms with Crippen molar-refractivity contribution in [2.45, 2.75) is 50.6 Å². The highest BCUT2D eigenvalue weighted by molar-refractivity contribution is 5.90. The molecule has 0 unspecified atom stereocenters. The van der Waals surface area contributed by atoms with E-state index in [-0.39, 0.29) is 5.91 Å². The fourth-order valence-electron chi connectivity index (χ4n) is 1.99. The second-order valence-corrected chi connectivity index (χ2v) is 4.44. The molecule has 1 saturated carbocycles. The molecule has 0 aromatic carbocycles. The Morgan fingerprint density at radius 1 is 1.31 bits per heavy atom. The summed E-state index contributed by atoms with van der Waals surface area (Å²) in [6.07, 6.45) is 4.44. The summed E-state index contributed by atoms with van der Waals surface area (Å²) < 4.78 is 4.54. The molecule has 0 bridgehead atoms. The molecule has 1 atom stereocenters. The second-order valence-electron chi connectivity index (χ2n) is 4.44. The molecule has 0 spiro atoms. The van der Waals surface area contributed by atoms with Crippen LogP contribution in [0.5, 0.6) is 0 Å². The van der Waals surface area contributed by atoms with E-state index in [1.54, 1.807) is 6.92 Å². The largest absolute Gasteiger partial charge is 0.467 e. The van der Waals surface area contributed by atoms with E-state index in [9.17, 15) is 9.59 Å². The molecule has 0 aromatic rings. The maximum atomic E-state index is 11.9. The lowest BCUT2D eigenvalue weighted by Crippen LogP contribution is -2.57. The van der Waals surface area contributed by atoms with Crippen molar-refractivity contribution in [3.63, 3.8) is 0 Å². The molecule has 1 rings (SSSR count). The van der Waals surface area contributed by atoms with Crippen molar-refractivity contribution in [3.8, 4) is 0 Å². The van der Waals surface area contributed by atoms with Crippen molar-refractivity contribution in [2.75, 3.05) is 7.11 Å². The quantitative estimate of drug-likeness (QED) is 0.682. The number of carbonyl (C=O) groups is 2. The number of methoxy groups -OCH3 is 1. The van der Waals surface area contributed by atoms with E-state index in [1.807, 2.05) is 0 Å². The summed E-state index contributed by atoms with van der Waals surface area (Å²) >= 11 is 0. The molecule has 0 aromatic heterocycles. The molecule has 0 saturated heterocycles. The highest BCUT2D eigenvalue weighted by Crippen LogP contribution is 2.26. The fraction of sp³-hybridized carbons (Fsp3) is 0.818. The lowest BCUT2D eigenvalue weighted by molar-refractivity contribution is -0.145. The Labute approximate surface area is 95.7 Å². The van der Waals surface area contributed by atoms with Gasteiger partial charge in [0.1, 0.15) is 6.04 Å². The minimum atomic E-state index is -0.805. The molecule has 92 valence electrons. The smallest absolute Gasteiger partial charge is 0.328 e. The van der Waals surface area contributed by atoms with Gasteiger partial charge in [0.25, 0.3) is 0 Å². The molecule has 5 heteroatoms. The number of amides is 1. The Kier molecular flexibility index (Phi) is 4.29. The maximum Gasteiger partial charge on any atom is 0.328 e. The SMILES string of the molecule is COC(=O)[C@H](C)NC(=O)C1(N)CCCCC1. The van der Waals surface area contributed by atoms with Gasteiger partial charge in [0.2, 0.25) is 5.91 Å². The van der Waals surface area contributed by atoms with Crippen LogP contribution < -0.4 is 11.1 Å². The third-order valence-electron chi connectivity index (χ3n) is 3.10. The Balaban J connectivity index is 2.53. The van der Waals surface area contributed by atoms with Crippen LogP contribution in [0.15, 0.2) is 0 Å². The number of nitrogens with two attached hydrogens (primary N) is 1. The van der Waals surface area contributed by atoms with E-state index in [4.69, 9.17) is 5.73 Å². The first-order valence-corrected chi connectivity index (χ1v) is 5.67. The predicted molar refractivity (Wildman–Crippen MR) is 59.6 cm³/mol. The van der Waals surface area contributed by atoms with Crippen molar-refractivity contribution >= 4 is 11.9 Å². The second kappa shape index (κ2) is 5.30. The molecule has 1 aliphatic rings. The number of rotatable bonds is 3. The molecule has 1 aliphatic carbocycles. The zero-order valence-electron chi connectivity index (χ0n) is 9.91. The van der Waals surface area contributed by atoms with Crippen LogP contribution in [0.3, 0.4) is 0 Å². The molecule has 16 heavy (non-hydrogen) atoms. The highest BCUT2D eigenvalue weighted by Gasteiger charge is 2.36. The van der Waals surface area contributed by atoms with Gasteiger partial charge < -0.3 is 15.8 Å². The summed E-state index contributed by atoms with van der Waals surface area (Å²) in [6.45, 7) is 1.59. The van der Waals surface area contributed by atoms with Gasteiger partial charge in [-0.2, -0.15) is 0 Å². The summed E-state index contributed by atoms with van der Waals surface area (Å²) in [4.78, 5) is 23.1. The molecule has 1 fully saturated rings. The summed E-state index contributed by atoms with van der Waals surface area (Å²) in [6, 6.07) is -0.639. The van der Waals surface area contributed by atoms with Gasteiger partial charge >= 0.3 is 5.97 Å². The molecule has 0 radical (unpaired) electrons. The van der Waals surface area contributed by atoms with Gasteiger partial charge in [-0.05, 0) is 19.8 Å². The molecule has 5 nitrogen and oxygen atoms in total. The van der Waals surface area contributed by atoms with Gasteiger partial charge in [-0.25, -0.2) is 4.79 Å². The predicted octanol–water partition coefficient (Wildman–Crippen LogP) is 0.326. The zero-order chi connectivity index (χ0) is 12.2. The van der Waals surface area contributed by atoms with Crippen LogP contribution in [-0.4, -0.2) is 30.6 Å². The lowest BCUT2D eigenvalue weighted by Gasteiger charge is -2.32. The van der Waals surface area contributed by atoms with Crippen LogP contribution in [0, 0.1) is 0 Å². The third-order valence-corrected chi connectivity index (χ3v) is 3.10. The Bertz CT molecular complexity index is 272. The van der Waals surface area contributed by atoms with Gasteiger partial charge in [-0.1, -0.05) is 19.3 Å². The first-order valence-electron chi connectivity index (χ1n) is 5.67. The van der Waals surface area contributed by atoms with Gasteiger partial charge in [-0.15, -0.1) is 0 Å². The fourth-order valence-corrected chi connectivity index (χ4v) is 1.99.